The van der Waals surface area contributed by atoms with E-state index >= 15 is 0 Å². The molecule has 2 aliphatic heterocycles. The van der Waals surface area contributed by atoms with Crippen LogP contribution in [0.5, 0.6) is 23.0 Å². The third-order valence-electron chi connectivity index (χ3n) is 8.89. The van der Waals surface area contributed by atoms with Crippen molar-refractivity contribution in [3.8, 4) is 23.0 Å². The molecule has 4 aromatic rings. The smallest absolute Gasteiger partial charge is 0.254 e. The minimum absolute atomic E-state index is 0.00274. The van der Waals surface area contributed by atoms with Gasteiger partial charge in [0.15, 0.2) is 28.5 Å². The number of hydrogen-bond acceptors (Lipinski definition) is 6. The SMILES string of the molecule is COc1ccc(CCN2CC(=O)N3C[C@@H](c4ccc(OC(C)C)c(OC)c4)c4c([nH]c5ccccc45)[C@@]3(C)C2=O)cc1OC. The van der Waals surface area contributed by atoms with Gasteiger partial charge in [-0.2, -0.15) is 0 Å². The van der Waals surface area contributed by atoms with Crippen molar-refractivity contribution in [1.29, 1.82) is 0 Å². The number of benzene rings is 3. The molecule has 0 aliphatic carbocycles. The number of nitrogens with zero attached hydrogens (tertiary/aromatic N) is 2. The highest BCUT2D eigenvalue weighted by Gasteiger charge is 2.56. The van der Waals surface area contributed by atoms with Gasteiger partial charge in [-0.15, -0.1) is 0 Å². The van der Waals surface area contributed by atoms with E-state index in [1.165, 1.54) is 0 Å². The molecule has 3 heterocycles. The van der Waals surface area contributed by atoms with Crippen LogP contribution in [0.4, 0.5) is 0 Å². The quantitative estimate of drug-likeness (QED) is 0.283. The number of piperazine rings is 1. The van der Waals surface area contributed by atoms with Gasteiger partial charge in [0, 0.05) is 29.9 Å². The zero-order chi connectivity index (χ0) is 31.2. The Hall–Kier alpha value is -4.66. The van der Waals surface area contributed by atoms with Crippen LogP contribution in [-0.2, 0) is 21.5 Å². The van der Waals surface area contributed by atoms with Gasteiger partial charge in [0.25, 0.3) is 5.91 Å². The molecule has 0 spiro atoms. The summed E-state index contributed by atoms with van der Waals surface area (Å²) in [6.45, 7) is 6.62. The van der Waals surface area contributed by atoms with Gasteiger partial charge in [0.1, 0.15) is 0 Å². The average Bonchev–Trinajstić information content (AvgIpc) is 3.43. The lowest BCUT2D eigenvalue weighted by Crippen LogP contribution is -2.67. The maximum absolute atomic E-state index is 14.4. The van der Waals surface area contributed by atoms with E-state index in [0.717, 1.165) is 33.3 Å². The fourth-order valence-corrected chi connectivity index (χ4v) is 6.71. The van der Waals surface area contributed by atoms with E-state index in [1.807, 2.05) is 75.4 Å². The number of nitrogens with one attached hydrogen (secondary N) is 1. The summed E-state index contributed by atoms with van der Waals surface area (Å²) in [6.07, 6.45) is 0.569. The highest BCUT2D eigenvalue weighted by Crippen LogP contribution is 2.49. The number of ether oxygens (including phenoxy) is 4. The molecule has 0 saturated carbocycles. The van der Waals surface area contributed by atoms with Gasteiger partial charge in [-0.3, -0.25) is 9.59 Å². The molecule has 230 valence electrons. The Morgan fingerprint density at radius 1 is 0.909 bits per heavy atom. The van der Waals surface area contributed by atoms with Crippen LogP contribution in [0.15, 0.2) is 60.7 Å². The minimum Gasteiger partial charge on any atom is -0.493 e. The van der Waals surface area contributed by atoms with Crippen molar-refractivity contribution < 1.29 is 28.5 Å². The number of amides is 2. The molecule has 0 radical (unpaired) electrons. The van der Waals surface area contributed by atoms with Crippen LogP contribution in [-0.4, -0.2) is 73.7 Å². The van der Waals surface area contributed by atoms with Crippen LogP contribution in [0, 0.1) is 0 Å². The largest absolute Gasteiger partial charge is 0.493 e. The second-order valence-electron chi connectivity index (χ2n) is 11.8. The van der Waals surface area contributed by atoms with Crippen LogP contribution in [0.3, 0.4) is 0 Å². The maximum atomic E-state index is 14.4. The molecule has 44 heavy (non-hydrogen) atoms. The number of aromatic amines is 1. The number of fused-ring (bicyclic) bond motifs is 5. The van der Waals surface area contributed by atoms with Crippen molar-refractivity contribution in [2.45, 2.75) is 44.8 Å². The number of carbonyl (C=O) groups is 2. The molecule has 2 aliphatic rings. The third kappa shape index (κ3) is 4.80. The van der Waals surface area contributed by atoms with Gasteiger partial charge in [0.05, 0.1) is 39.7 Å². The van der Waals surface area contributed by atoms with Crippen molar-refractivity contribution in [2.75, 3.05) is 41.0 Å². The van der Waals surface area contributed by atoms with E-state index in [4.69, 9.17) is 18.9 Å². The lowest BCUT2D eigenvalue weighted by Gasteiger charge is -2.51. The lowest BCUT2D eigenvalue weighted by atomic mass is 9.76. The molecule has 1 N–H and O–H groups in total. The average molecular weight is 598 g/mol. The predicted molar refractivity (Wildman–Crippen MR) is 168 cm³/mol. The van der Waals surface area contributed by atoms with Crippen LogP contribution in [0.1, 0.15) is 49.1 Å². The van der Waals surface area contributed by atoms with Gasteiger partial charge in [0.2, 0.25) is 5.91 Å². The van der Waals surface area contributed by atoms with Crippen LogP contribution < -0.4 is 18.9 Å². The summed E-state index contributed by atoms with van der Waals surface area (Å²) >= 11 is 0. The second-order valence-corrected chi connectivity index (χ2v) is 11.8. The maximum Gasteiger partial charge on any atom is 0.254 e. The Morgan fingerprint density at radius 2 is 1.61 bits per heavy atom. The Bertz CT molecular complexity index is 1730. The number of aromatic nitrogens is 1. The summed E-state index contributed by atoms with van der Waals surface area (Å²) in [5, 5.41) is 1.04. The van der Waals surface area contributed by atoms with Gasteiger partial charge >= 0.3 is 0 Å². The van der Waals surface area contributed by atoms with Crippen LogP contribution >= 0.6 is 0 Å². The first-order valence-corrected chi connectivity index (χ1v) is 15.0. The Balaban J connectivity index is 1.38. The lowest BCUT2D eigenvalue weighted by molar-refractivity contribution is -0.166. The van der Waals surface area contributed by atoms with E-state index in [0.29, 0.717) is 42.5 Å². The molecule has 0 unspecified atom stereocenters. The van der Waals surface area contributed by atoms with E-state index in [-0.39, 0.29) is 30.4 Å². The van der Waals surface area contributed by atoms with Crippen molar-refractivity contribution in [3.63, 3.8) is 0 Å². The summed E-state index contributed by atoms with van der Waals surface area (Å²) < 4.78 is 22.5. The first-order chi connectivity index (χ1) is 21.2. The molecule has 6 rings (SSSR count). The first kappa shape index (κ1) is 29.4. The van der Waals surface area contributed by atoms with Gasteiger partial charge in [-0.1, -0.05) is 30.3 Å². The predicted octanol–water partition coefficient (Wildman–Crippen LogP) is 5.26. The molecule has 9 nitrogen and oxygen atoms in total. The first-order valence-electron chi connectivity index (χ1n) is 15.0. The van der Waals surface area contributed by atoms with Crippen molar-refractivity contribution in [3.05, 3.63) is 83.0 Å². The number of H-pyrrole nitrogens is 1. The highest BCUT2D eigenvalue weighted by atomic mass is 16.5. The number of carbonyl (C=O) groups excluding carboxylic acids is 2. The Morgan fingerprint density at radius 3 is 2.34 bits per heavy atom. The normalized spacial score (nSPS) is 19.7. The Kier molecular flexibility index (Phi) is 7.65. The van der Waals surface area contributed by atoms with E-state index < -0.39 is 5.54 Å². The minimum atomic E-state index is -1.18. The van der Waals surface area contributed by atoms with E-state index in [1.54, 1.807) is 31.1 Å². The monoisotopic (exact) mass is 597 g/mol. The van der Waals surface area contributed by atoms with Gasteiger partial charge in [-0.25, -0.2) is 0 Å². The standard InChI is InChI=1S/C35H39N3O6/c1-21(2)44-28-14-12-23(18-30(28)43-6)25-19-38-31(39)20-37(16-15-22-11-13-27(41-4)29(17-22)42-5)34(40)35(38,3)33-32(25)24-9-7-8-10-26(24)36-33/h7-14,17-18,21,25,36H,15-16,19-20H2,1-6H3/t25-,35-/m0/s1. The zero-order valence-electron chi connectivity index (χ0n) is 26.1. The molecule has 1 saturated heterocycles. The van der Waals surface area contributed by atoms with Crippen molar-refractivity contribution in [2.24, 2.45) is 0 Å². The number of methoxy groups -OCH3 is 3. The molecular formula is C35H39N3O6. The Labute approximate surface area is 257 Å². The number of hydrogen-bond donors (Lipinski definition) is 1. The van der Waals surface area contributed by atoms with Crippen molar-refractivity contribution >= 4 is 22.7 Å². The van der Waals surface area contributed by atoms with Gasteiger partial charge < -0.3 is 33.7 Å². The topological polar surface area (TPSA) is 93.3 Å². The molecule has 0 bridgehead atoms. The highest BCUT2D eigenvalue weighted by molar-refractivity contribution is 6.01. The fourth-order valence-electron chi connectivity index (χ4n) is 6.71. The molecule has 1 fully saturated rings. The second kappa shape index (κ2) is 11.4. The zero-order valence-corrected chi connectivity index (χ0v) is 26.1. The van der Waals surface area contributed by atoms with Crippen LogP contribution in [0.2, 0.25) is 0 Å². The van der Waals surface area contributed by atoms with Gasteiger partial charge in [-0.05, 0) is 74.2 Å². The third-order valence-corrected chi connectivity index (χ3v) is 8.89. The molecular weight excluding hydrogens is 558 g/mol. The summed E-state index contributed by atoms with van der Waals surface area (Å²) in [6, 6.07) is 19.7. The summed E-state index contributed by atoms with van der Waals surface area (Å²) in [5.41, 5.74) is 3.52. The van der Waals surface area contributed by atoms with Crippen LogP contribution in [0.25, 0.3) is 10.9 Å². The number of rotatable bonds is 9. The van der Waals surface area contributed by atoms with Crippen molar-refractivity contribution in [1.82, 2.24) is 14.8 Å². The molecule has 1 aromatic heterocycles. The fraction of sp³-hybridized carbons (Fsp3) is 0.371. The summed E-state index contributed by atoms with van der Waals surface area (Å²) in [4.78, 5) is 35.4. The number of para-hydroxylation sites is 1. The van der Waals surface area contributed by atoms with E-state index in [9.17, 15) is 9.59 Å². The molecule has 2 atom stereocenters. The summed E-state index contributed by atoms with van der Waals surface area (Å²) in [5.74, 6) is 2.22. The summed E-state index contributed by atoms with van der Waals surface area (Å²) in [7, 11) is 4.83. The molecule has 3 aromatic carbocycles. The van der Waals surface area contributed by atoms with E-state index in [2.05, 4.69) is 11.1 Å². The molecule has 9 heteroatoms. The molecule has 2 amide bonds.